The largest absolute Gasteiger partial charge is 0.441 e. The van der Waals surface area contributed by atoms with Crippen molar-refractivity contribution < 1.29 is 4.21 Å². The molecule has 0 spiro atoms. The van der Waals surface area contributed by atoms with Crippen LogP contribution in [-0.2, 0) is 14.8 Å². The highest BCUT2D eigenvalue weighted by molar-refractivity contribution is 7.77. The Balaban J connectivity index is 3.55. The predicted octanol–water partition coefficient (Wildman–Crippen LogP) is 5.18. The molecule has 1 rings (SSSR count). The fourth-order valence-corrected chi connectivity index (χ4v) is 3.30. The molecule has 5 heteroatoms. The SMILES string of the molecule is C#CC(Cl)C=C1C(=C(C)C)CN(C)CCC1C(C=C)=CC=C(C)[S-](=N)=O. The van der Waals surface area contributed by atoms with Gasteiger partial charge in [0.2, 0.25) is 0 Å². The van der Waals surface area contributed by atoms with E-state index in [0.29, 0.717) is 4.91 Å². The molecule has 0 radical (unpaired) electrons. The number of allylic oxidation sites excluding steroid dienone is 7. The molecule has 0 bridgehead atoms. The van der Waals surface area contributed by atoms with E-state index in [9.17, 15) is 4.21 Å². The first-order valence-electron chi connectivity index (χ1n) is 8.52. The van der Waals surface area contributed by atoms with E-state index in [1.807, 2.05) is 18.2 Å². The highest BCUT2D eigenvalue weighted by Gasteiger charge is 2.26. The van der Waals surface area contributed by atoms with Gasteiger partial charge in [0, 0.05) is 12.5 Å². The van der Waals surface area contributed by atoms with Crippen molar-refractivity contribution in [2.75, 3.05) is 20.1 Å². The third kappa shape index (κ3) is 6.32. The Hall–Kier alpha value is -1.54. The van der Waals surface area contributed by atoms with E-state index in [0.717, 1.165) is 30.7 Å². The van der Waals surface area contributed by atoms with E-state index >= 15 is 0 Å². The molecule has 0 aromatic rings. The molecule has 0 amide bonds. The Morgan fingerprint density at radius 1 is 1.46 bits per heavy atom. The lowest BCUT2D eigenvalue weighted by Crippen LogP contribution is -2.20. The van der Waals surface area contributed by atoms with E-state index in [2.05, 4.69) is 38.3 Å². The average Bonchev–Trinajstić information content (AvgIpc) is 2.75. The smallest absolute Gasteiger partial charge is 0.113 e. The highest BCUT2D eigenvalue weighted by Crippen LogP contribution is 2.35. The molecule has 1 heterocycles. The minimum Gasteiger partial charge on any atom is -0.441 e. The summed E-state index contributed by atoms with van der Waals surface area (Å²) in [6.07, 6.45) is 13.8. The van der Waals surface area contributed by atoms with Gasteiger partial charge in [-0.05, 0) is 50.6 Å². The zero-order valence-corrected chi connectivity index (χ0v) is 17.6. The lowest BCUT2D eigenvalue weighted by molar-refractivity contribution is 0.361. The van der Waals surface area contributed by atoms with Gasteiger partial charge in [0.1, 0.15) is 5.38 Å². The zero-order valence-electron chi connectivity index (χ0n) is 16.0. The normalized spacial score (nSPS) is 22.9. The number of likely N-dealkylation sites (tertiary alicyclic amines) is 1. The zero-order chi connectivity index (χ0) is 19.9. The van der Waals surface area contributed by atoms with Crippen molar-refractivity contribution in [3.05, 3.63) is 58.1 Å². The van der Waals surface area contributed by atoms with Crippen molar-refractivity contribution in [1.82, 2.24) is 4.90 Å². The number of hydrogen-bond acceptors (Lipinski definition) is 4. The van der Waals surface area contributed by atoms with Crippen LogP contribution in [0.15, 0.2) is 58.1 Å². The number of alkyl halides is 1. The molecule has 26 heavy (non-hydrogen) atoms. The summed E-state index contributed by atoms with van der Waals surface area (Å²) < 4.78 is 18.6. The van der Waals surface area contributed by atoms with Gasteiger partial charge < -0.3 is 13.9 Å². The van der Waals surface area contributed by atoms with Gasteiger partial charge in [0.25, 0.3) is 0 Å². The molecule has 0 aromatic heterocycles. The van der Waals surface area contributed by atoms with Crippen molar-refractivity contribution in [1.29, 1.82) is 4.78 Å². The Morgan fingerprint density at radius 3 is 2.62 bits per heavy atom. The molecule has 1 fully saturated rings. The molecular formula is C21H28ClN2OS-. The predicted molar refractivity (Wildman–Crippen MR) is 113 cm³/mol. The maximum Gasteiger partial charge on any atom is 0.113 e. The average molecular weight is 392 g/mol. The first-order chi connectivity index (χ1) is 12.2. The van der Waals surface area contributed by atoms with Crippen LogP contribution < -0.4 is 0 Å². The van der Waals surface area contributed by atoms with Gasteiger partial charge in [-0.25, -0.2) is 0 Å². The Bertz CT molecular complexity index is 766. The summed E-state index contributed by atoms with van der Waals surface area (Å²) in [5.74, 6) is 2.67. The lowest BCUT2D eigenvalue weighted by atomic mass is 9.82. The standard InChI is InChI=1S/C21H28ClN2OS/c1-7-17(10-9-16(5)26(23)25)19-11-12-24(6)14-21(15(3)4)20(19)13-18(22)8-2/h2,7,9-10,13,18-19,23H,1,11-12,14H2,3-6H3/q-1. The fraction of sp³-hybridized carbons (Fsp3) is 0.429. The van der Waals surface area contributed by atoms with Crippen LogP contribution in [0.25, 0.3) is 0 Å². The maximum absolute atomic E-state index is 11.3. The lowest BCUT2D eigenvalue weighted by Gasteiger charge is -2.22. The third-order valence-electron chi connectivity index (χ3n) is 4.48. The van der Waals surface area contributed by atoms with Gasteiger partial charge in [-0.1, -0.05) is 49.3 Å². The summed E-state index contributed by atoms with van der Waals surface area (Å²) in [6.45, 7) is 11.6. The molecule has 2 unspecified atom stereocenters. The summed E-state index contributed by atoms with van der Waals surface area (Å²) in [7, 11) is 0.380. The van der Waals surface area contributed by atoms with Gasteiger partial charge in [0.05, 0.1) is 0 Å². The van der Waals surface area contributed by atoms with Crippen LogP contribution in [0.2, 0.25) is 0 Å². The fourth-order valence-electron chi connectivity index (χ4n) is 2.97. The Kier molecular flexibility index (Phi) is 9.15. The second-order valence-electron chi connectivity index (χ2n) is 6.66. The molecule has 1 aliphatic heterocycles. The molecule has 0 aromatic carbocycles. The van der Waals surface area contributed by atoms with Gasteiger partial charge in [-0.2, -0.15) is 10.6 Å². The van der Waals surface area contributed by atoms with Crippen LogP contribution in [-0.4, -0.2) is 30.4 Å². The summed E-state index contributed by atoms with van der Waals surface area (Å²) >= 11 is 6.27. The molecule has 142 valence electrons. The molecule has 1 N–H and O–H groups in total. The molecule has 0 aliphatic carbocycles. The first kappa shape index (κ1) is 22.5. The van der Waals surface area contributed by atoms with Crippen LogP contribution in [0.5, 0.6) is 0 Å². The molecule has 1 saturated heterocycles. The number of nitrogens with zero attached hydrogens (tertiary/aromatic N) is 1. The van der Waals surface area contributed by atoms with E-state index in [4.69, 9.17) is 22.8 Å². The van der Waals surface area contributed by atoms with E-state index in [-0.39, 0.29) is 5.92 Å². The highest BCUT2D eigenvalue weighted by atomic mass is 35.5. The van der Waals surface area contributed by atoms with Crippen LogP contribution in [0.4, 0.5) is 0 Å². The summed E-state index contributed by atoms with van der Waals surface area (Å²) in [5.41, 5.74) is 4.62. The first-order valence-corrected chi connectivity index (χ1v) is 10.1. The van der Waals surface area contributed by atoms with Crippen LogP contribution >= 0.6 is 11.6 Å². The second-order valence-corrected chi connectivity index (χ2v) is 8.32. The van der Waals surface area contributed by atoms with Gasteiger partial charge in [0.15, 0.2) is 0 Å². The van der Waals surface area contributed by atoms with Gasteiger partial charge in [-0.15, -0.1) is 22.9 Å². The number of hydrogen-bond donors (Lipinski definition) is 1. The minimum atomic E-state index is -1.72. The molecule has 0 saturated carbocycles. The van der Waals surface area contributed by atoms with Crippen LogP contribution in [0.1, 0.15) is 27.2 Å². The quantitative estimate of drug-likeness (QED) is 0.303. The summed E-state index contributed by atoms with van der Waals surface area (Å²) in [5, 5.41) is -0.477. The second kappa shape index (κ2) is 10.6. The topological polar surface area (TPSA) is 44.2 Å². The van der Waals surface area contributed by atoms with Gasteiger partial charge >= 0.3 is 0 Å². The van der Waals surface area contributed by atoms with Crippen LogP contribution in [0, 0.1) is 23.0 Å². The Morgan fingerprint density at radius 2 is 2.12 bits per heavy atom. The van der Waals surface area contributed by atoms with Crippen molar-refractivity contribution in [3.8, 4) is 12.3 Å². The Labute approximate surface area is 165 Å². The summed E-state index contributed by atoms with van der Waals surface area (Å²) in [4.78, 5) is 2.79. The maximum atomic E-state index is 11.3. The van der Waals surface area contributed by atoms with E-state index in [1.54, 1.807) is 13.0 Å². The summed E-state index contributed by atoms with van der Waals surface area (Å²) in [6, 6.07) is 0. The minimum absolute atomic E-state index is 0.0974. The number of nitrogens with one attached hydrogen (secondary N) is 1. The number of rotatable bonds is 5. The van der Waals surface area contributed by atoms with Crippen molar-refractivity contribution in [2.45, 2.75) is 32.6 Å². The number of halogens is 1. The van der Waals surface area contributed by atoms with E-state index < -0.39 is 16.0 Å². The van der Waals surface area contributed by atoms with Crippen molar-refractivity contribution >= 4 is 22.2 Å². The van der Waals surface area contributed by atoms with Crippen molar-refractivity contribution in [3.63, 3.8) is 0 Å². The molecule has 1 aliphatic rings. The number of likely N-dealkylation sites (N-methyl/N-ethyl adjacent to an activating group) is 1. The van der Waals surface area contributed by atoms with Gasteiger partial charge in [-0.3, -0.25) is 0 Å². The molecule has 2 atom stereocenters. The third-order valence-corrected chi connectivity index (χ3v) is 5.45. The number of terminal acetylenes is 1. The molecular weight excluding hydrogens is 364 g/mol. The molecule has 3 nitrogen and oxygen atoms in total. The van der Waals surface area contributed by atoms with E-state index in [1.165, 1.54) is 11.1 Å². The van der Waals surface area contributed by atoms with Crippen molar-refractivity contribution in [2.24, 2.45) is 5.92 Å². The monoisotopic (exact) mass is 391 g/mol. The van der Waals surface area contributed by atoms with Crippen LogP contribution in [0.3, 0.4) is 0 Å².